The summed E-state index contributed by atoms with van der Waals surface area (Å²) < 4.78 is 39.9. The summed E-state index contributed by atoms with van der Waals surface area (Å²) >= 11 is 0. The second-order valence-electron chi connectivity index (χ2n) is 5.92. The minimum atomic E-state index is -4.33. The van der Waals surface area contributed by atoms with Gasteiger partial charge in [-0.3, -0.25) is 0 Å². The number of hydrogen-bond donors (Lipinski definition) is 1. The molecule has 1 saturated carbocycles. The zero-order chi connectivity index (χ0) is 15.5. The zero-order valence-corrected chi connectivity index (χ0v) is 12.4. The first kappa shape index (κ1) is 16.1. The molecule has 118 valence electrons. The van der Waals surface area contributed by atoms with Crippen LogP contribution in [-0.4, -0.2) is 20.1 Å². The van der Waals surface area contributed by atoms with Crippen molar-refractivity contribution in [1.29, 1.82) is 0 Å². The molecule has 0 atom stereocenters. The fourth-order valence-electron chi connectivity index (χ4n) is 3.14. The van der Waals surface area contributed by atoms with Gasteiger partial charge in [-0.05, 0) is 49.4 Å². The Bertz CT molecular complexity index is 465. The molecule has 1 aliphatic rings. The van der Waals surface area contributed by atoms with E-state index in [-0.39, 0.29) is 5.69 Å². The van der Waals surface area contributed by atoms with Crippen molar-refractivity contribution in [2.75, 3.05) is 25.0 Å². The number of anilines is 1. The largest absolute Gasteiger partial charge is 0.418 e. The standard InChI is InChI=1S/C16H23F3N2/c1-21(11-13-4-2-3-5-13)15-7-6-12(8-9-20)10-14(15)16(17,18)19/h6-7,10,13H,2-5,8-9,11,20H2,1H3. The van der Waals surface area contributed by atoms with Gasteiger partial charge in [0.05, 0.1) is 5.56 Å². The monoisotopic (exact) mass is 300 g/mol. The first-order chi connectivity index (χ1) is 9.91. The molecule has 2 rings (SSSR count). The number of rotatable bonds is 5. The highest BCUT2D eigenvalue weighted by Gasteiger charge is 2.35. The molecular formula is C16H23F3N2. The van der Waals surface area contributed by atoms with Crippen LogP contribution in [0.2, 0.25) is 0 Å². The third-order valence-corrected chi connectivity index (χ3v) is 4.22. The lowest BCUT2D eigenvalue weighted by atomic mass is 10.0. The lowest BCUT2D eigenvalue weighted by Crippen LogP contribution is -2.26. The first-order valence-electron chi connectivity index (χ1n) is 7.53. The summed E-state index contributed by atoms with van der Waals surface area (Å²) in [6.45, 7) is 1.05. The minimum Gasteiger partial charge on any atom is -0.374 e. The van der Waals surface area contributed by atoms with Crippen LogP contribution in [0, 0.1) is 5.92 Å². The molecule has 1 aliphatic carbocycles. The van der Waals surface area contributed by atoms with Crippen LogP contribution in [0.5, 0.6) is 0 Å². The van der Waals surface area contributed by atoms with Crippen molar-refractivity contribution in [2.24, 2.45) is 11.7 Å². The van der Waals surface area contributed by atoms with Crippen LogP contribution in [-0.2, 0) is 12.6 Å². The third-order valence-electron chi connectivity index (χ3n) is 4.22. The van der Waals surface area contributed by atoms with Gasteiger partial charge in [0.1, 0.15) is 0 Å². The maximum Gasteiger partial charge on any atom is 0.418 e. The van der Waals surface area contributed by atoms with Gasteiger partial charge in [-0.25, -0.2) is 0 Å². The van der Waals surface area contributed by atoms with Crippen molar-refractivity contribution in [1.82, 2.24) is 0 Å². The molecule has 0 aliphatic heterocycles. The second-order valence-corrected chi connectivity index (χ2v) is 5.92. The Hall–Kier alpha value is -1.23. The van der Waals surface area contributed by atoms with Crippen molar-refractivity contribution in [3.05, 3.63) is 29.3 Å². The van der Waals surface area contributed by atoms with Gasteiger partial charge in [-0.2, -0.15) is 13.2 Å². The molecule has 1 aromatic carbocycles. The van der Waals surface area contributed by atoms with Crippen LogP contribution in [0.3, 0.4) is 0 Å². The highest BCUT2D eigenvalue weighted by atomic mass is 19.4. The Morgan fingerprint density at radius 3 is 2.48 bits per heavy atom. The van der Waals surface area contributed by atoms with Crippen LogP contribution in [0.15, 0.2) is 18.2 Å². The van der Waals surface area contributed by atoms with Crippen LogP contribution in [0.1, 0.15) is 36.8 Å². The number of nitrogens with zero attached hydrogens (tertiary/aromatic N) is 1. The molecule has 0 bridgehead atoms. The molecule has 2 nitrogen and oxygen atoms in total. The average molecular weight is 300 g/mol. The Kier molecular flexibility index (Phi) is 5.14. The van der Waals surface area contributed by atoms with Crippen LogP contribution in [0.4, 0.5) is 18.9 Å². The van der Waals surface area contributed by atoms with E-state index in [0.717, 1.165) is 12.8 Å². The van der Waals surface area contributed by atoms with E-state index in [1.807, 2.05) is 0 Å². The average Bonchev–Trinajstić information content (AvgIpc) is 2.91. The molecule has 2 N–H and O–H groups in total. The molecule has 0 aromatic heterocycles. The Morgan fingerprint density at radius 2 is 1.90 bits per heavy atom. The molecule has 0 heterocycles. The van der Waals surface area contributed by atoms with E-state index in [9.17, 15) is 13.2 Å². The molecule has 0 spiro atoms. The van der Waals surface area contributed by atoms with Gasteiger partial charge in [-0.15, -0.1) is 0 Å². The number of halogens is 3. The quantitative estimate of drug-likeness (QED) is 0.895. The van der Waals surface area contributed by atoms with Crippen molar-refractivity contribution in [3.63, 3.8) is 0 Å². The lowest BCUT2D eigenvalue weighted by Gasteiger charge is -2.26. The van der Waals surface area contributed by atoms with Crippen molar-refractivity contribution in [3.8, 4) is 0 Å². The number of alkyl halides is 3. The van der Waals surface area contributed by atoms with E-state index < -0.39 is 11.7 Å². The molecule has 21 heavy (non-hydrogen) atoms. The Labute approximate surface area is 124 Å². The topological polar surface area (TPSA) is 29.3 Å². The van der Waals surface area contributed by atoms with Crippen LogP contribution >= 0.6 is 0 Å². The van der Waals surface area contributed by atoms with Crippen molar-refractivity contribution >= 4 is 5.69 Å². The summed E-state index contributed by atoms with van der Waals surface area (Å²) in [5.74, 6) is 0.514. The maximum atomic E-state index is 13.3. The fraction of sp³-hybridized carbons (Fsp3) is 0.625. The molecule has 1 aromatic rings. The van der Waals surface area contributed by atoms with E-state index in [4.69, 9.17) is 5.73 Å². The van der Waals surface area contributed by atoms with Gasteiger partial charge in [0.15, 0.2) is 0 Å². The van der Waals surface area contributed by atoms with E-state index in [2.05, 4.69) is 0 Å². The molecule has 0 amide bonds. The Morgan fingerprint density at radius 1 is 1.24 bits per heavy atom. The third kappa shape index (κ3) is 4.13. The van der Waals surface area contributed by atoms with Gasteiger partial charge in [0.25, 0.3) is 0 Å². The van der Waals surface area contributed by atoms with Gasteiger partial charge in [0, 0.05) is 19.3 Å². The molecule has 0 saturated heterocycles. The molecule has 1 fully saturated rings. The molecule has 0 unspecified atom stereocenters. The molecular weight excluding hydrogens is 277 g/mol. The summed E-state index contributed by atoms with van der Waals surface area (Å²) in [6.07, 6.45) is 0.771. The number of nitrogens with two attached hydrogens (primary N) is 1. The lowest BCUT2D eigenvalue weighted by molar-refractivity contribution is -0.137. The number of hydrogen-bond acceptors (Lipinski definition) is 2. The Balaban J connectivity index is 2.23. The predicted molar refractivity (Wildman–Crippen MR) is 79.4 cm³/mol. The zero-order valence-electron chi connectivity index (χ0n) is 12.4. The maximum absolute atomic E-state index is 13.3. The van der Waals surface area contributed by atoms with Gasteiger partial charge in [0.2, 0.25) is 0 Å². The SMILES string of the molecule is CN(CC1CCCC1)c1ccc(CCN)cc1C(F)(F)F. The highest BCUT2D eigenvalue weighted by molar-refractivity contribution is 5.56. The summed E-state index contributed by atoms with van der Waals surface area (Å²) in [5, 5.41) is 0. The van der Waals surface area contributed by atoms with E-state index in [1.165, 1.54) is 18.9 Å². The number of benzene rings is 1. The molecule has 5 heteroatoms. The van der Waals surface area contributed by atoms with Crippen LogP contribution < -0.4 is 10.6 Å². The molecule has 0 radical (unpaired) electrons. The predicted octanol–water partition coefficient (Wildman–Crippen LogP) is 3.83. The van der Waals surface area contributed by atoms with Crippen LogP contribution in [0.25, 0.3) is 0 Å². The highest BCUT2D eigenvalue weighted by Crippen LogP contribution is 2.38. The second kappa shape index (κ2) is 6.69. The normalized spacial score (nSPS) is 16.4. The smallest absolute Gasteiger partial charge is 0.374 e. The first-order valence-corrected chi connectivity index (χ1v) is 7.53. The summed E-state index contributed by atoms with van der Waals surface area (Å²) in [6, 6.07) is 4.58. The fourth-order valence-corrected chi connectivity index (χ4v) is 3.14. The van der Waals surface area contributed by atoms with E-state index in [1.54, 1.807) is 24.1 Å². The van der Waals surface area contributed by atoms with Gasteiger partial charge < -0.3 is 10.6 Å². The van der Waals surface area contributed by atoms with Gasteiger partial charge >= 0.3 is 6.18 Å². The summed E-state index contributed by atoms with van der Waals surface area (Å²) in [7, 11) is 1.76. The van der Waals surface area contributed by atoms with E-state index in [0.29, 0.717) is 31.0 Å². The summed E-state index contributed by atoms with van der Waals surface area (Å²) in [4.78, 5) is 1.75. The van der Waals surface area contributed by atoms with Gasteiger partial charge in [-0.1, -0.05) is 18.9 Å². The van der Waals surface area contributed by atoms with Crippen molar-refractivity contribution < 1.29 is 13.2 Å². The van der Waals surface area contributed by atoms with Crippen molar-refractivity contribution in [2.45, 2.75) is 38.3 Å². The minimum absolute atomic E-state index is 0.273. The van der Waals surface area contributed by atoms with E-state index >= 15 is 0 Å². The summed E-state index contributed by atoms with van der Waals surface area (Å²) in [5.41, 5.74) is 5.80.